The fourth-order valence-electron chi connectivity index (χ4n) is 2.04. The van der Waals surface area contributed by atoms with Gasteiger partial charge in [-0.05, 0) is 29.8 Å². The van der Waals surface area contributed by atoms with E-state index in [0.717, 1.165) is 12.1 Å². The second-order valence-corrected chi connectivity index (χ2v) is 5.39. The largest absolute Gasteiger partial charge is 0.416 e. The second kappa shape index (κ2) is 6.92. The Labute approximate surface area is 140 Å². The number of hydrogen-bond donors (Lipinski definition) is 2. The van der Waals surface area contributed by atoms with Gasteiger partial charge in [-0.2, -0.15) is 13.2 Å². The first-order chi connectivity index (χ1) is 11.2. The molecule has 2 aromatic rings. The quantitative estimate of drug-likeness (QED) is 0.877. The van der Waals surface area contributed by atoms with Crippen molar-refractivity contribution in [3.05, 3.63) is 64.2 Å². The lowest BCUT2D eigenvalue weighted by Crippen LogP contribution is -2.16. The minimum Gasteiger partial charge on any atom is -0.366 e. The van der Waals surface area contributed by atoms with E-state index >= 15 is 0 Å². The maximum atomic E-state index is 12.7. The highest BCUT2D eigenvalue weighted by Crippen LogP contribution is 2.29. The molecule has 0 saturated carbocycles. The molecule has 0 atom stereocenters. The zero-order chi connectivity index (χ0) is 17.9. The summed E-state index contributed by atoms with van der Waals surface area (Å²) in [5.74, 6) is -1.29. The fraction of sp³-hybridized carbons (Fsp3) is 0.125. The molecule has 0 spiro atoms. The maximum absolute atomic E-state index is 12.7. The minimum atomic E-state index is -4.47. The highest BCUT2D eigenvalue weighted by Gasteiger charge is 2.30. The normalized spacial score (nSPS) is 11.2. The highest BCUT2D eigenvalue weighted by molar-refractivity contribution is 6.34. The van der Waals surface area contributed by atoms with Gasteiger partial charge in [0.1, 0.15) is 0 Å². The molecule has 0 aliphatic heterocycles. The Bertz CT molecular complexity index is 791. The van der Waals surface area contributed by atoms with Crippen molar-refractivity contribution >= 4 is 29.1 Å². The molecule has 0 aliphatic rings. The van der Waals surface area contributed by atoms with Crippen molar-refractivity contribution in [3.63, 3.8) is 0 Å². The number of primary amides is 1. The van der Waals surface area contributed by atoms with Crippen molar-refractivity contribution in [1.29, 1.82) is 0 Å². The van der Waals surface area contributed by atoms with E-state index in [0.29, 0.717) is 0 Å². The topological polar surface area (TPSA) is 72.2 Å². The van der Waals surface area contributed by atoms with Crippen LogP contribution in [0.4, 0.5) is 18.9 Å². The van der Waals surface area contributed by atoms with Crippen molar-refractivity contribution in [2.45, 2.75) is 12.6 Å². The number of carbonyl (C=O) groups is 2. The fourth-order valence-corrected chi connectivity index (χ4v) is 2.25. The third-order valence-corrected chi connectivity index (χ3v) is 3.46. The van der Waals surface area contributed by atoms with Crippen molar-refractivity contribution in [2.75, 3.05) is 5.32 Å². The second-order valence-electron chi connectivity index (χ2n) is 4.98. The Morgan fingerprint density at radius 2 is 1.83 bits per heavy atom. The van der Waals surface area contributed by atoms with Gasteiger partial charge < -0.3 is 11.1 Å². The number of halogens is 4. The van der Waals surface area contributed by atoms with Gasteiger partial charge in [-0.1, -0.05) is 29.8 Å². The SMILES string of the molecule is NC(=O)c1cc(NC(=O)Cc2cccc(C(F)(F)F)c2)ccc1Cl. The average Bonchev–Trinajstić information content (AvgIpc) is 2.48. The van der Waals surface area contributed by atoms with Crippen LogP contribution in [0.3, 0.4) is 0 Å². The minimum absolute atomic E-state index is 0.0357. The van der Waals surface area contributed by atoms with Crippen LogP contribution in [0.2, 0.25) is 5.02 Å². The third-order valence-electron chi connectivity index (χ3n) is 3.13. The summed E-state index contributed by atoms with van der Waals surface area (Å²) in [7, 11) is 0. The number of alkyl halides is 3. The van der Waals surface area contributed by atoms with Gasteiger partial charge in [-0.3, -0.25) is 9.59 Å². The van der Waals surface area contributed by atoms with Crippen molar-refractivity contribution < 1.29 is 22.8 Å². The number of nitrogens with two attached hydrogens (primary N) is 1. The van der Waals surface area contributed by atoms with Crippen LogP contribution in [-0.4, -0.2) is 11.8 Å². The van der Waals surface area contributed by atoms with Crippen LogP contribution in [0.25, 0.3) is 0 Å². The lowest BCUT2D eigenvalue weighted by atomic mass is 10.1. The first-order valence-corrected chi connectivity index (χ1v) is 7.10. The zero-order valence-electron chi connectivity index (χ0n) is 12.2. The summed E-state index contributed by atoms with van der Waals surface area (Å²) in [5.41, 5.74) is 4.85. The third kappa shape index (κ3) is 4.48. The van der Waals surface area contributed by atoms with Gasteiger partial charge in [-0.15, -0.1) is 0 Å². The molecule has 24 heavy (non-hydrogen) atoms. The summed E-state index contributed by atoms with van der Waals surface area (Å²) >= 11 is 5.80. The monoisotopic (exact) mass is 356 g/mol. The molecule has 126 valence electrons. The molecule has 4 nitrogen and oxygen atoms in total. The molecule has 0 unspecified atom stereocenters. The van der Waals surface area contributed by atoms with E-state index in [1.165, 1.54) is 30.3 Å². The summed E-state index contributed by atoms with van der Waals surface area (Å²) in [6.07, 6.45) is -4.72. The number of hydrogen-bond acceptors (Lipinski definition) is 2. The van der Waals surface area contributed by atoms with Crippen LogP contribution in [0.1, 0.15) is 21.5 Å². The summed E-state index contributed by atoms with van der Waals surface area (Å²) in [6, 6.07) is 8.65. The van der Waals surface area contributed by atoms with Crippen molar-refractivity contribution in [2.24, 2.45) is 5.73 Å². The predicted molar refractivity (Wildman–Crippen MR) is 83.7 cm³/mol. The molecule has 3 N–H and O–H groups in total. The molecule has 0 radical (unpaired) electrons. The first-order valence-electron chi connectivity index (χ1n) is 6.72. The van der Waals surface area contributed by atoms with Gasteiger partial charge in [0.2, 0.25) is 11.8 Å². The highest BCUT2D eigenvalue weighted by atomic mass is 35.5. The van der Waals surface area contributed by atoms with E-state index in [4.69, 9.17) is 17.3 Å². The van der Waals surface area contributed by atoms with E-state index in [9.17, 15) is 22.8 Å². The molecule has 0 bridgehead atoms. The van der Waals surface area contributed by atoms with Crippen LogP contribution < -0.4 is 11.1 Å². The Balaban J connectivity index is 2.12. The molecule has 0 fully saturated rings. The Kier molecular flexibility index (Phi) is 5.14. The lowest BCUT2D eigenvalue weighted by Gasteiger charge is -2.10. The van der Waals surface area contributed by atoms with Crippen LogP contribution in [0.5, 0.6) is 0 Å². The smallest absolute Gasteiger partial charge is 0.366 e. The van der Waals surface area contributed by atoms with Gasteiger partial charge in [0.05, 0.1) is 22.6 Å². The van der Waals surface area contributed by atoms with Crippen molar-refractivity contribution in [3.8, 4) is 0 Å². The molecule has 0 aliphatic carbocycles. The molecule has 2 amide bonds. The van der Waals surface area contributed by atoms with Crippen LogP contribution in [-0.2, 0) is 17.4 Å². The summed E-state index contributed by atoms with van der Waals surface area (Å²) in [5, 5.41) is 2.62. The number of benzene rings is 2. The Hall–Kier alpha value is -2.54. The molecule has 2 rings (SSSR count). The number of nitrogens with one attached hydrogen (secondary N) is 1. The van der Waals surface area contributed by atoms with E-state index < -0.39 is 23.6 Å². The predicted octanol–water partition coefficient (Wildman–Crippen LogP) is 3.64. The standard InChI is InChI=1S/C16H12ClF3N2O2/c17-13-5-4-11(8-12(13)15(21)24)22-14(23)7-9-2-1-3-10(6-9)16(18,19)20/h1-6,8H,7H2,(H2,21,24)(H,22,23). The van der Waals surface area contributed by atoms with Crippen LogP contribution in [0, 0.1) is 0 Å². The Morgan fingerprint density at radius 1 is 1.12 bits per heavy atom. The lowest BCUT2D eigenvalue weighted by molar-refractivity contribution is -0.137. The summed E-state index contributed by atoms with van der Waals surface area (Å²) in [6.45, 7) is 0. The molecule has 0 aromatic heterocycles. The van der Waals surface area contributed by atoms with E-state index in [1.54, 1.807) is 0 Å². The Morgan fingerprint density at radius 3 is 2.46 bits per heavy atom. The molecule has 8 heteroatoms. The number of rotatable bonds is 4. The van der Waals surface area contributed by atoms with E-state index in [2.05, 4.69) is 5.32 Å². The van der Waals surface area contributed by atoms with E-state index in [-0.39, 0.29) is 28.3 Å². The first kappa shape index (κ1) is 17.8. The number of anilines is 1. The van der Waals surface area contributed by atoms with Gasteiger partial charge in [-0.25, -0.2) is 0 Å². The zero-order valence-corrected chi connectivity index (χ0v) is 12.9. The molecule has 0 heterocycles. The molecular weight excluding hydrogens is 345 g/mol. The average molecular weight is 357 g/mol. The molecular formula is C16H12ClF3N2O2. The van der Waals surface area contributed by atoms with Gasteiger partial charge in [0, 0.05) is 5.69 Å². The number of amides is 2. The van der Waals surface area contributed by atoms with Crippen LogP contribution >= 0.6 is 11.6 Å². The van der Waals surface area contributed by atoms with Crippen LogP contribution in [0.15, 0.2) is 42.5 Å². The number of carbonyl (C=O) groups excluding carboxylic acids is 2. The molecule has 0 saturated heterocycles. The van der Waals surface area contributed by atoms with E-state index in [1.807, 2.05) is 0 Å². The van der Waals surface area contributed by atoms with Gasteiger partial charge in [0.15, 0.2) is 0 Å². The van der Waals surface area contributed by atoms with Gasteiger partial charge in [0.25, 0.3) is 0 Å². The summed E-state index contributed by atoms with van der Waals surface area (Å²) < 4.78 is 38.0. The summed E-state index contributed by atoms with van der Waals surface area (Å²) in [4.78, 5) is 23.2. The molecule has 2 aromatic carbocycles. The maximum Gasteiger partial charge on any atom is 0.416 e. The van der Waals surface area contributed by atoms with Crippen molar-refractivity contribution in [1.82, 2.24) is 0 Å². The van der Waals surface area contributed by atoms with Gasteiger partial charge >= 0.3 is 6.18 Å².